The van der Waals surface area contributed by atoms with Crippen LogP contribution in [0.15, 0.2) is 18.2 Å². The molecule has 6 heteroatoms. The lowest BCUT2D eigenvalue weighted by Crippen LogP contribution is -2.16. The van der Waals surface area contributed by atoms with Crippen LogP contribution in [0.3, 0.4) is 0 Å². The molecule has 1 heterocycles. The van der Waals surface area contributed by atoms with Crippen molar-refractivity contribution in [1.82, 2.24) is 9.59 Å². The molecule has 21 heavy (non-hydrogen) atoms. The summed E-state index contributed by atoms with van der Waals surface area (Å²) in [4.78, 5) is 12.9. The molecule has 0 bridgehead atoms. The number of aromatic nitrogens is 2. The van der Waals surface area contributed by atoms with Gasteiger partial charge in [0.15, 0.2) is 5.78 Å². The van der Waals surface area contributed by atoms with Crippen molar-refractivity contribution in [3.63, 3.8) is 0 Å². The van der Waals surface area contributed by atoms with Gasteiger partial charge >= 0.3 is 0 Å². The Morgan fingerprint density at radius 3 is 2.71 bits per heavy atom. The van der Waals surface area contributed by atoms with Gasteiger partial charge in [0.1, 0.15) is 10.7 Å². The molecule has 2 rings (SSSR count). The van der Waals surface area contributed by atoms with Gasteiger partial charge in [-0.15, -0.1) is 5.10 Å². The smallest absolute Gasteiger partial charge is 0.176 e. The molecular formula is C15H16ClFN2OS. The lowest BCUT2D eigenvalue weighted by Gasteiger charge is -2.16. The summed E-state index contributed by atoms with van der Waals surface area (Å²) in [7, 11) is 0. The highest BCUT2D eigenvalue weighted by Gasteiger charge is 2.26. The minimum atomic E-state index is -0.381. The van der Waals surface area contributed by atoms with E-state index in [1.807, 2.05) is 20.8 Å². The Morgan fingerprint density at radius 2 is 2.10 bits per heavy atom. The van der Waals surface area contributed by atoms with E-state index in [1.165, 1.54) is 6.07 Å². The number of hydrogen-bond donors (Lipinski definition) is 0. The van der Waals surface area contributed by atoms with E-state index in [9.17, 15) is 9.18 Å². The van der Waals surface area contributed by atoms with Crippen molar-refractivity contribution in [2.45, 2.75) is 39.0 Å². The van der Waals surface area contributed by atoms with Gasteiger partial charge in [0.2, 0.25) is 0 Å². The van der Waals surface area contributed by atoms with Crippen molar-refractivity contribution < 1.29 is 9.18 Å². The van der Waals surface area contributed by atoms with Crippen LogP contribution in [0, 0.1) is 5.82 Å². The molecule has 0 aliphatic rings. The first kappa shape index (κ1) is 16.0. The van der Waals surface area contributed by atoms with Crippen molar-refractivity contribution in [1.29, 1.82) is 0 Å². The van der Waals surface area contributed by atoms with E-state index in [0.717, 1.165) is 11.5 Å². The van der Waals surface area contributed by atoms with Crippen molar-refractivity contribution in [3.8, 4) is 0 Å². The summed E-state index contributed by atoms with van der Waals surface area (Å²) in [6.07, 6.45) is 0.458. The highest BCUT2D eigenvalue weighted by atomic mass is 35.5. The molecule has 2 aromatic rings. The molecule has 3 nitrogen and oxygen atoms in total. The van der Waals surface area contributed by atoms with E-state index in [-0.39, 0.29) is 29.9 Å². The van der Waals surface area contributed by atoms with Crippen LogP contribution in [-0.4, -0.2) is 15.4 Å². The van der Waals surface area contributed by atoms with E-state index in [0.29, 0.717) is 21.2 Å². The van der Waals surface area contributed by atoms with Gasteiger partial charge in [-0.3, -0.25) is 4.79 Å². The SMILES string of the molecule is CC(C)(C)c1nnsc1C(=O)CCc1c(F)cccc1Cl. The molecule has 0 unspecified atom stereocenters. The second kappa shape index (κ2) is 6.20. The Labute approximate surface area is 132 Å². The first-order valence-electron chi connectivity index (χ1n) is 6.59. The number of ketones is 1. The lowest BCUT2D eigenvalue weighted by atomic mass is 9.90. The average Bonchev–Trinajstić information content (AvgIpc) is 2.87. The fraction of sp³-hybridized carbons (Fsp3) is 0.400. The third-order valence-electron chi connectivity index (χ3n) is 3.12. The summed E-state index contributed by atoms with van der Waals surface area (Å²) in [5.41, 5.74) is 0.826. The predicted molar refractivity (Wildman–Crippen MR) is 82.7 cm³/mol. The molecule has 0 fully saturated rings. The Hall–Kier alpha value is -1.33. The van der Waals surface area contributed by atoms with Crippen LogP contribution in [0.4, 0.5) is 4.39 Å². The summed E-state index contributed by atoms with van der Waals surface area (Å²) < 4.78 is 17.6. The van der Waals surface area contributed by atoms with E-state index < -0.39 is 0 Å². The molecule has 0 atom stereocenters. The Bertz CT molecular complexity index is 644. The predicted octanol–water partition coefficient (Wildman–Crippen LogP) is 4.44. The molecule has 0 spiro atoms. The summed E-state index contributed by atoms with van der Waals surface area (Å²) in [5, 5.41) is 4.39. The van der Waals surface area contributed by atoms with Crippen LogP contribution in [0.5, 0.6) is 0 Å². The number of benzene rings is 1. The molecule has 0 N–H and O–H groups in total. The van der Waals surface area contributed by atoms with Crippen LogP contribution in [-0.2, 0) is 11.8 Å². The molecule has 0 aliphatic carbocycles. The lowest BCUT2D eigenvalue weighted by molar-refractivity contribution is 0.0984. The van der Waals surface area contributed by atoms with Crippen molar-refractivity contribution in [2.24, 2.45) is 0 Å². The summed E-state index contributed by atoms with van der Waals surface area (Å²) in [6.45, 7) is 5.94. The maximum absolute atomic E-state index is 13.7. The third-order valence-corrected chi connectivity index (χ3v) is 4.24. The van der Waals surface area contributed by atoms with Gasteiger partial charge in [0.05, 0.1) is 5.69 Å². The molecule has 0 radical (unpaired) electrons. The van der Waals surface area contributed by atoms with Crippen LogP contribution >= 0.6 is 23.1 Å². The zero-order valence-corrected chi connectivity index (χ0v) is 13.7. The molecule has 1 aromatic carbocycles. The fourth-order valence-electron chi connectivity index (χ4n) is 1.99. The second-order valence-corrected chi connectivity index (χ2v) is 6.99. The summed E-state index contributed by atoms with van der Waals surface area (Å²) in [5.74, 6) is -0.456. The first-order valence-corrected chi connectivity index (χ1v) is 7.74. The minimum absolute atomic E-state index is 0.0748. The molecule has 1 aromatic heterocycles. The number of hydrogen-bond acceptors (Lipinski definition) is 4. The molecule has 0 saturated heterocycles. The largest absolute Gasteiger partial charge is 0.293 e. The van der Waals surface area contributed by atoms with Crippen molar-refractivity contribution >= 4 is 28.9 Å². The molecule has 0 saturated carbocycles. The van der Waals surface area contributed by atoms with Gasteiger partial charge in [0, 0.05) is 22.4 Å². The minimum Gasteiger partial charge on any atom is -0.293 e. The molecule has 0 aliphatic heterocycles. The topological polar surface area (TPSA) is 42.9 Å². The number of halogens is 2. The number of carbonyl (C=O) groups is 1. The second-order valence-electron chi connectivity index (χ2n) is 5.82. The van der Waals surface area contributed by atoms with Crippen molar-refractivity contribution in [3.05, 3.63) is 45.2 Å². The van der Waals surface area contributed by atoms with E-state index >= 15 is 0 Å². The van der Waals surface area contributed by atoms with E-state index in [1.54, 1.807) is 12.1 Å². The van der Waals surface area contributed by atoms with Gasteiger partial charge < -0.3 is 0 Å². The quantitative estimate of drug-likeness (QED) is 0.780. The zero-order chi connectivity index (χ0) is 15.6. The highest BCUT2D eigenvalue weighted by Crippen LogP contribution is 2.28. The van der Waals surface area contributed by atoms with E-state index in [4.69, 9.17) is 11.6 Å². The first-order chi connectivity index (χ1) is 9.80. The summed E-state index contributed by atoms with van der Waals surface area (Å²) >= 11 is 7.06. The van der Waals surface area contributed by atoms with Gasteiger partial charge in [-0.1, -0.05) is 42.9 Å². The van der Waals surface area contributed by atoms with Gasteiger partial charge in [-0.05, 0) is 30.1 Å². The average molecular weight is 327 g/mol. The van der Waals surface area contributed by atoms with E-state index in [2.05, 4.69) is 9.59 Å². The number of nitrogens with zero attached hydrogens (tertiary/aromatic N) is 2. The molecule has 112 valence electrons. The molecular weight excluding hydrogens is 311 g/mol. The van der Waals surface area contributed by atoms with Gasteiger partial charge in [-0.2, -0.15) is 0 Å². The van der Waals surface area contributed by atoms with Crippen LogP contribution in [0.2, 0.25) is 5.02 Å². The Balaban J connectivity index is 2.15. The van der Waals surface area contributed by atoms with Crippen LogP contribution in [0.1, 0.15) is 48.1 Å². The van der Waals surface area contributed by atoms with Gasteiger partial charge in [-0.25, -0.2) is 4.39 Å². The fourth-order valence-corrected chi connectivity index (χ4v) is 3.09. The number of rotatable bonds is 4. The maximum atomic E-state index is 13.7. The summed E-state index contributed by atoms with van der Waals surface area (Å²) in [6, 6.07) is 4.52. The standard InChI is InChI=1S/C15H16ClFN2OS/c1-15(2,3)14-13(21-19-18-14)12(20)8-7-9-10(16)5-4-6-11(9)17/h4-6H,7-8H2,1-3H3. The normalized spacial score (nSPS) is 11.7. The Morgan fingerprint density at radius 1 is 1.38 bits per heavy atom. The maximum Gasteiger partial charge on any atom is 0.176 e. The highest BCUT2D eigenvalue weighted by molar-refractivity contribution is 7.08. The van der Waals surface area contributed by atoms with Gasteiger partial charge in [0.25, 0.3) is 0 Å². The monoisotopic (exact) mass is 326 g/mol. The number of Topliss-reactive ketones (excluding diaryl/α,β-unsaturated/α-hetero) is 1. The zero-order valence-electron chi connectivity index (χ0n) is 12.1. The molecule has 0 amide bonds. The third kappa shape index (κ3) is 3.66. The van der Waals surface area contributed by atoms with Crippen LogP contribution in [0.25, 0.3) is 0 Å². The number of carbonyl (C=O) groups excluding carboxylic acids is 1. The van der Waals surface area contributed by atoms with Crippen LogP contribution < -0.4 is 0 Å². The Kier molecular flexibility index (Phi) is 4.74. The van der Waals surface area contributed by atoms with Crippen molar-refractivity contribution in [2.75, 3.05) is 0 Å².